The fraction of sp³-hybridized carbons (Fsp3) is 0.167. The monoisotopic (exact) mass is 406 g/mol. The standard InChI is InChI=1S/C24H22O4S/c1-4-15(2)14-24(3)21(25)20(23(28)29-24)13-16-5-7-17(8-6-16)18-9-11-19(12-10-18)22(26)27/h4-12,14,25H,1,13H2,2-3H3,(H,26,27)/b15-14+. The summed E-state index contributed by atoms with van der Waals surface area (Å²) in [5, 5.41) is 19.6. The summed E-state index contributed by atoms with van der Waals surface area (Å²) in [7, 11) is 0. The minimum Gasteiger partial charge on any atom is -0.510 e. The molecule has 0 aliphatic carbocycles. The first kappa shape index (κ1) is 20.7. The van der Waals surface area contributed by atoms with Crippen molar-refractivity contribution in [3.8, 4) is 11.1 Å². The molecule has 0 fully saturated rings. The average Bonchev–Trinajstić information content (AvgIpc) is 2.91. The molecule has 148 valence electrons. The van der Waals surface area contributed by atoms with Crippen molar-refractivity contribution in [2.24, 2.45) is 0 Å². The van der Waals surface area contributed by atoms with Crippen LogP contribution in [0.3, 0.4) is 0 Å². The lowest BCUT2D eigenvalue weighted by Crippen LogP contribution is -2.17. The Morgan fingerprint density at radius 2 is 1.66 bits per heavy atom. The quantitative estimate of drug-likeness (QED) is 0.614. The van der Waals surface area contributed by atoms with Crippen molar-refractivity contribution in [3.05, 3.63) is 95.3 Å². The average molecular weight is 407 g/mol. The summed E-state index contributed by atoms with van der Waals surface area (Å²) in [5.74, 6) is -0.855. The van der Waals surface area contributed by atoms with E-state index in [1.54, 1.807) is 30.3 Å². The summed E-state index contributed by atoms with van der Waals surface area (Å²) in [6.07, 6.45) is 3.91. The van der Waals surface area contributed by atoms with Gasteiger partial charge in [-0.05, 0) is 42.7 Å². The number of benzene rings is 2. The summed E-state index contributed by atoms with van der Waals surface area (Å²) in [6.45, 7) is 7.44. The topological polar surface area (TPSA) is 74.6 Å². The number of allylic oxidation sites excluding steroid dienone is 2. The molecule has 1 aliphatic heterocycles. The molecule has 0 radical (unpaired) electrons. The molecule has 0 saturated heterocycles. The van der Waals surface area contributed by atoms with Gasteiger partial charge in [0.1, 0.15) is 5.76 Å². The Hall–Kier alpha value is -3.05. The van der Waals surface area contributed by atoms with Crippen LogP contribution in [0.25, 0.3) is 11.1 Å². The zero-order valence-corrected chi connectivity index (χ0v) is 17.1. The summed E-state index contributed by atoms with van der Waals surface area (Å²) in [6, 6.07) is 14.4. The lowest BCUT2D eigenvalue weighted by atomic mass is 9.96. The predicted molar refractivity (Wildman–Crippen MR) is 117 cm³/mol. The zero-order chi connectivity index (χ0) is 21.2. The normalized spacial score (nSPS) is 19.5. The van der Waals surface area contributed by atoms with Crippen LogP contribution in [-0.2, 0) is 11.2 Å². The molecule has 2 aromatic carbocycles. The van der Waals surface area contributed by atoms with Crippen LogP contribution in [0.5, 0.6) is 0 Å². The van der Waals surface area contributed by atoms with Crippen molar-refractivity contribution in [3.63, 3.8) is 0 Å². The third kappa shape index (κ3) is 4.35. The Labute approximate surface area is 174 Å². The largest absolute Gasteiger partial charge is 0.510 e. The minimum atomic E-state index is -0.954. The molecule has 2 aromatic rings. The van der Waals surface area contributed by atoms with Gasteiger partial charge in [0.15, 0.2) is 0 Å². The number of rotatable bonds is 6. The lowest BCUT2D eigenvalue weighted by molar-refractivity contribution is -0.107. The van der Waals surface area contributed by atoms with E-state index in [0.717, 1.165) is 34.0 Å². The van der Waals surface area contributed by atoms with Gasteiger partial charge in [0.05, 0.1) is 10.3 Å². The van der Waals surface area contributed by atoms with Gasteiger partial charge in [-0.2, -0.15) is 0 Å². The maximum Gasteiger partial charge on any atom is 0.335 e. The van der Waals surface area contributed by atoms with Gasteiger partial charge in [-0.3, -0.25) is 4.79 Å². The number of carbonyl (C=O) groups is 2. The van der Waals surface area contributed by atoms with Crippen LogP contribution in [-0.4, -0.2) is 26.0 Å². The van der Waals surface area contributed by atoms with E-state index in [9.17, 15) is 14.7 Å². The maximum absolute atomic E-state index is 12.5. The van der Waals surface area contributed by atoms with E-state index in [2.05, 4.69) is 6.58 Å². The molecule has 0 spiro atoms. The van der Waals surface area contributed by atoms with Crippen molar-refractivity contribution < 1.29 is 19.8 Å². The van der Waals surface area contributed by atoms with E-state index in [1.807, 2.05) is 44.2 Å². The van der Waals surface area contributed by atoms with Gasteiger partial charge in [-0.1, -0.05) is 72.5 Å². The minimum absolute atomic E-state index is 0.0991. The molecule has 1 heterocycles. The molecule has 2 N–H and O–H groups in total. The molecule has 0 saturated carbocycles. The van der Waals surface area contributed by atoms with E-state index in [4.69, 9.17) is 5.11 Å². The molecular formula is C24H22O4S. The number of aliphatic hydroxyl groups excluding tert-OH is 1. The number of carbonyl (C=O) groups excluding carboxylic acids is 1. The number of hydrogen-bond acceptors (Lipinski definition) is 4. The number of carboxylic acid groups (broad SMARTS) is 1. The Morgan fingerprint density at radius 3 is 2.17 bits per heavy atom. The van der Waals surface area contributed by atoms with Gasteiger partial charge in [0, 0.05) is 12.0 Å². The van der Waals surface area contributed by atoms with E-state index in [-0.39, 0.29) is 16.4 Å². The Balaban J connectivity index is 1.82. The highest BCUT2D eigenvalue weighted by atomic mass is 32.2. The number of thioether (sulfide) groups is 1. The second-order valence-corrected chi connectivity index (χ2v) is 8.60. The van der Waals surface area contributed by atoms with E-state index in [1.165, 1.54) is 0 Å². The highest BCUT2D eigenvalue weighted by Crippen LogP contribution is 2.45. The highest BCUT2D eigenvalue weighted by Gasteiger charge is 2.41. The van der Waals surface area contributed by atoms with Crippen LogP contribution < -0.4 is 0 Å². The summed E-state index contributed by atoms with van der Waals surface area (Å²) in [4.78, 5) is 23.5. The van der Waals surface area contributed by atoms with Gasteiger partial charge < -0.3 is 10.2 Å². The van der Waals surface area contributed by atoms with Crippen molar-refractivity contribution >= 4 is 22.8 Å². The fourth-order valence-corrected chi connectivity index (χ4v) is 4.41. The molecule has 0 bridgehead atoms. The van der Waals surface area contributed by atoms with Crippen LogP contribution in [0, 0.1) is 0 Å². The summed E-state index contributed by atoms with van der Waals surface area (Å²) < 4.78 is -0.767. The van der Waals surface area contributed by atoms with Crippen molar-refractivity contribution in [2.45, 2.75) is 25.0 Å². The molecule has 5 heteroatoms. The summed E-state index contributed by atoms with van der Waals surface area (Å²) in [5.41, 5.74) is 4.34. The smallest absolute Gasteiger partial charge is 0.335 e. The molecule has 29 heavy (non-hydrogen) atoms. The van der Waals surface area contributed by atoms with E-state index >= 15 is 0 Å². The zero-order valence-electron chi connectivity index (χ0n) is 16.3. The number of carboxylic acids is 1. The first-order chi connectivity index (χ1) is 13.7. The second kappa shape index (κ2) is 8.13. The molecule has 0 amide bonds. The van der Waals surface area contributed by atoms with Crippen LogP contribution in [0.1, 0.15) is 29.8 Å². The maximum atomic E-state index is 12.5. The summed E-state index contributed by atoms with van der Waals surface area (Å²) >= 11 is 1.12. The fourth-order valence-electron chi connectivity index (χ4n) is 3.27. The number of hydrogen-bond donors (Lipinski definition) is 2. The van der Waals surface area contributed by atoms with Gasteiger partial charge >= 0.3 is 5.97 Å². The molecule has 1 atom stereocenters. The van der Waals surface area contributed by atoms with Gasteiger partial charge in [0.2, 0.25) is 5.12 Å². The van der Waals surface area contributed by atoms with Crippen LogP contribution in [0.4, 0.5) is 0 Å². The molecule has 0 aromatic heterocycles. The molecule has 3 rings (SSSR count). The Kier molecular flexibility index (Phi) is 5.80. The molecule has 1 aliphatic rings. The predicted octanol–water partition coefficient (Wildman–Crippen LogP) is 5.57. The molecular weight excluding hydrogens is 384 g/mol. The van der Waals surface area contributed by atoms with Crippen LogP contribution >= 0.6 is 11.8 Å². The molecule has 1 unspecified atom stereocenters. The first-order valence-corrected chi connectivity index (χ1v) is 9.95. The third-order valence-electron chi connectivity index (χ3n) is 4.93. The van der Waals surface area contributed by atoms with E-state index < -0.39 is 10.7 Å². The lowest BCUT2D eigenvalue weighted by Gasteiger charge is -2.18. The van der Waals surface area contributed by atoms with Gasteiger partial charge in [0.25, 0.3) is 0 Å². The Bertz CT molecular complexity index is 1030. The van der Waals surface area contributed by atoms with Crippen LogP contribution in [0.15, 0.2) is 84.2 Å². The van der Waals surface area contributed by atoms with Gasteiger partial charge in [-0.25, -0.2) is 4.79 Å². The SMILES string of the molecule is C=C/C(C)=C/C1(C)SC(=O)C(Cc2ccc(-c3ccc(C(=O)O)cc3)cc2)=C1O. The third-order valence-corrected chi connectivity index (χ3v) is 6.10. The highest BCUT2D eigenvalue weighted by molar-refractivity contribution is 8.16. The van der Waals surface area contributed by atoms with Crippen LogP contribution in [0.2, 0.25) is 0 Å². The number of aliphatic hydroxyl groups is 1. The molecule has 4 nitrogen and oxygen atoms in total. The van der Waals surface area contributed by atoms with E-state index in [0.29, 0.717) is 12.0 Å². The second-order valence-electron chi connectivity index (χ2n) is 7.17. The van der Waals surface area contributed by atoms with Crippen molar-refractivity contribution in [1.29, 1.82) is 0 Å². The first-order valence-electron chi connectivity index (χ1n) is 9.14. The van der Waals surface area contributed by atoms with Gasteiger partial charge in [-0.15, -0.1) is 0 Å². The van der Waals surface area contributed by atoms with Crippen molar-refractivity contribution in [2.75, 3.05) is 0 Å². The van der Waals surface area contributed by atoms with Crippen molar-refractivity contribution in [1.82, 2.24) is 0 Å². The number of aromatic carboxylic acids is 1. The Morgan fingerprint density at radius 1 is 1.10 bits per heavy atom.